The van der Waals surface area contributed by atoms with E-state index < -0.39 is 0 Å². The number of rotatable bonds is 7. The summed E-state index contributed by atoms with van der Waals surface area (Å²) in [7, 11) is 4.53. The molecule has 0 aliphatic rings. The predicted octanol–water partition coefficient (Wildman–Crippen LogP) is 6.41. The van der Waals surface area contributed by atoms with Gasteiger partial charge in [-0.2, -0.15) is 0 Å². The molecule has 0 aliphatic heterocycles. The van der Waals surface area contributed by atoms with E-state index in [1.54, 1.807) is 23.5 Å². The molecule has 0 unspecified atom stereocenters. The van der Waals surface area contributed by atoms with Crippen LogP contribution in [0.25, 0.3) is 21.8 Å². The molecular weight excluding hydrogens is 460 g/mol. The predicted molar refractivity (Wildman–Crippen MR) is 132 cm³/mol. The summed E-state index contributed by atoms with van der Waals surface area (Å²) in [6.07, 6.45) is 0. The van der Waals surface area contributed by atoms with Crippen molar-refractivity contribution in [3.8, 4) is 39.1 Å². The highest BCUT2D eigenvalue weighted by molar-refractivity contribution is 7.13. The highest BCUT2D eigenvalue weighted by Crippen LogP contribution is 2.38. The molecule has 3 aromatic carbocycles. The van der Waals surface area contributed by atoms with Gasteiger partial charge in [0.15, 0.2) is 11.5 Å². The van der Waals surface area contributed by atoms with Crippen molar-refractivity contribution in [1.82, 2.24) is 4.98 Å². The monoisotopic (exact) mass is 480 g/mol. The van der Waals surface area contributed by atoms with Crippen molar-refractivity contribution in [1.29, 1.82) is 0 Å². The maximum absolute atomic E-state index is 12.8. The van der Waals surface area contributed by atoms with Gasteiger partial charge in [-0.3, -0.25) is 4.79 Å². The maximum atomic E-state index is 12.8. The Hall–Kier alpha value is -3.55. The summed E-state index contributed by atoms with van der Waals surface area (Å²) < 4.78 is 16.0. The van der Waals surface area contributed by atoms with Crippen LogP contribution in [0.15, 0.2) is 66.0 Å². The first-order valence-electron chi connectivity index (χ1n) is 9.95. The third-order valence-electron chi connectivity index (χ3n) is 4.96. The third-order valence-corrected chi connectivity index (χ3v) is 6.10. The summed E-state index contributed by atoms with van der Waals surface area (Å²) in [5, 5.41) is 6.51. The standard InChI is InChI=1S/C25H21ClN2O4S/c1-30-21-12-17(13-22(31-2)23(21)32-3)24(29)27-19-10-6-15(7-11-19)20-14-33-25(28-20)16-4-8-18(26)9-5-16/h4-14H,1-3H3,(H,27,29). The number of methoxy groups -OCH3 is 3. The van der Waals surface area contributed by atoms with E-state index in [1.807, 2.05) is 53.9 Å². The van der Waals surface area contributed by atoms with E-state index in [1.165, 1.54) is 21.3 Å². The summed E-state index contributed by atoms with van der Waals surface area (Å²) >= 11 is 7.54. The van der Waals surface area contributed by atoms with Crippen molar-refractivity contribution in [2.45, 2.75) is 0 Å². The van der Waals surface area contributed by atoms with Crippen molar-refractivity contribution >= 4 is 34.5 Å². The summed E-state index contributed by atoms with van der Waals surface area (Å²) in [5.41, 5.74) is 3.89. The van der Waals surface area contributed by atoms with Gasteiger partial charge in [-0.15, -0.1) is 11.3 Å². The van der Waals surface area contributed by atoms with E-state index in [0.29, 0.717) is 33.5 Å². The lowest BCUT2D eigenvalue weighted by molar-refractivity contribution is 0.102. The Morgan fingerprint density at radius 1 is 0.879 bits per heavy atom. The van der Waals surface area contributed by atoms with E-state index in [-0.39, 0.29) is 5.91 Å². The fourth-order valence-corrected chi connectivity index (χ4v) is 4.23. The molecule has 0 fully saturated rings. The first-order chi connectivity index (χ1) is 16.0. The molecule has 1 heterocycles. The normalized spacial score (nSPS) is 10.5. The molecule has 0 saturated heterocycles. The number of ether oxygens (including phenoxy) is 3. The number of carbonyl (C=O) groups excluding carboxylic acids is 1. The average Bonchev–Trinajstić information content (AvgIpc) is 3.34. The van der Waals surface area contributed by atoms with Crippen molar-refractivity contribution in [2.24, 2.45) is 0 Å². The smallest absolute Gasteiger partial charge is 0.255 e. The van der Waals surface area contributed by atoms with Gasteiger partial charge < -0.3 is 19.5 Å². The number of hydrogen-bond donors (Lipinski definition) is 1. The van der Waals surface area contributed by atoms with Gasteiger partial charge in [0.2, 0.25) is 5.75 Å². The Morgan fingerprint density at radius 3 is 2.06 bits per heavy atom. The van der Waals surface area contributed by atoms with Crippen LogP contribution in [-0.4, -0.2) is 32.2 Å². The number of carbonyl (C=O) groups is 1. The SMILES string of the molecule is COc1cc(C(=O)Nc2ccc(-c3csc(-c4ccc(Cl)cc4)n3)cc2)cc(OC)c1OC. The highest BCUT2D eigenvalue weighted by Gasteiger charge is 2.17. The fourth-order valence-electron chi connectivity index (χ4n) is 3.27. The highest BCUT2D eigenvalue weighted by atomic mass is 35.5. The molecule has 8 heteroatoms. The van der Waals surface area contributed by atoms with Crippen LogP contribution in [0.5, 0.6) is 17.2 Å². The van der Waals surface area contributed by atoms with Crippen LogP contribution < -0.4 is 19.5 Å². The molecule has 4 aromatic rings. The summed E-state index contributed by atoms with van der Waals surface area (Å²) in [5.74, 6) is 0.970. The number of thiazole rings is 1. The summed E-state index contributed by atoms with van der Waals surface area (Å²) in [6.45, 7) is 0. The number of nitrogens with zero attached hydrogens (tertiary/aromatic N) is 1. The topological polar surface area (TPSA) is 69.7 Å². The van der Waals surface area contributed by atoms with Gasteiger partial charge in [-0.05, 0) is 36.4 Å². The minimum atomic E-state index is -0.291. The second kappa shape index (κ2) is 9.94. The number of benzene rings is 3. The second-order valence-electron chi connectivity index (χ2n) is 6.99. The zero-order valence-electron chi connectivity index (χ0n) is 18.2. The van der Waals surface area contributed by atoms with Crippen molar-refractivity contribution in [2.75, 3.05) is 26.6 Å². The average molecular weight is 481 g/mol. The van der Waals surface area contributed by atoms with Crippen LogP contribution in [0.2, 0.25) is 5.02 Å². The Balaban J connectivity index is 1.50. The van der Waals surface area contributed by atoms with Gasteiger partial charge in [-0.1, -0.05) is 35.9 Å². The number of halogens is 1. The molecule has 0 spiro atoms. The molecule has 1 aromatic heterocycles. The zero-order valence-corrected chi connectivity index (χ0v) is 19.8. The van der Waals surface area contributed by atoms with Gasteiger partial charge in [0.25, 0.3) is 5.91 Å². The van der Waals surface area contributed by atoms with Gasteiger partial charge in [-0.25, -0.2) is 4.98 Å². The largest absolute Gasteiger partial charge is 0.493 e. The number of amides is 1. The first kappa shape index (κ1) is 22.6. The Morgan fingerprint density at radius 2 is 1.48 bits per heavy atom. The third kappa shape index (κ3) is 4.94. The number of anilines is 1. The number of nitrogens with one attached hydrogen (secondary N) is 1. The maximum Gasteiger partial charge on any atom is 0.255 e. The summed E-state index contributed by atoms with van der Waals surface area (Å²) in [4.78, 5) is 17.5. The number of hydrogen-bond acceptors (Lipinski definition) is 6. The minimum Gasteiger partial charge on any atom is -0.493 e. The molecule has 168 valence electrons. The molecule has 0 radical (unpaired) electrons. The molecule has 0 atom stereocenters. The molecule has 1 N–H and O–H groups in total. The molecule has 0 aliphatic carbocycles. The molecule has 4 rings (SSSR count). The molecule has 6 nitrogen and oxygen atoms in total. The van der Waals surface area contributed by atoms with E-state index in [9.17, 15) is 4.79 Å². The molecule has 0 bridgehead atoms. The van der Waals surface area contributed by atoms with E-state index in [0.717, 1.165) is 21.8 Å². The lowest BCUT2D eigenvalue weighted by Gasteiger charge is -2.14. The molecule has 1 amide bonds. The number of aromatic nitrogens is 1. The zero-order chi connectivity index (χ0) is 23.4. The van der Waals surface area contributed by atoms with E-state index >= 15 is 0 Å². The van der Waals surface area contributed by atoms with Crippen molar-refractivity contribution in [3.63, 3.8) is 0 Å². The van der Waals surface area contributed by atoms with Crippen LogP contribution in [0, 0.1) is 0 Å². The fraction of sp³-hybridized carbons (Fsp3) is 0.120. The molecule has 33 heavy (non-hydrogen) atoms. The lowest BCUT2D eigenvalue weighted by Crippen LogP contribution is -2.12. The molecular formula is C25H21ClN2O4S. The Bertz CT molecular complexity index is 1250. The van der Waals surface area contributed by atoms with Crippen LogP contribution in [-0.2, 0) is 0 Å². The van der Waals surface area contributed by atoms with Gasteiger partial charge in [0.1, 0.15) is 5.01 Å². The van der Waals surface area contributed by atoms with Gasteiger partial charge in [0.05, 0.1) is 27.0 Å². The van der Waals surface area contributed by atoms with Crippen LogP contribution in [0.4, 0.5) is 5.69 Å². The second-order valence-corrected chi connectivity index (χ2v) is 8.28. The van der Waals surface area contributed by atoms with Crippen molar-refractivity contribution in [3.05, 3.63) is 76.6 Å². The van der Waals surface area contributed by atoms with Gasteiger partial charge in [0, 0.05) is 32.8 Å². The summed E-state index contributed by atoms with van der Waals surface area (Å²) in [6, 6.07) is 18.3. The van der Waals surface area contributed by atoms with E-state index in [4.69, 9.17) is 30.8 Å². The van der Waals surface area contributed by atoms with E-state index in [2.05, 4.69) is 5.32 Å². The van der Waals surface area contributed by atoms with Crippen LogP contribution in [0.1, 0.15) is 10.4 Å². The van der Waals surface area contributed by atoms with Crippen LogP contribution >= 0.6 is 22.9 Å². The first-order valence-corrected chi connectivity index (χ1v) is 11.2. The van der Waals surface area contributed by atoms with Gasteiger partial charge >= 0.3 is 0 Å². The minimum absolute atomic E-state index is 0.291. The quantitative estimate of drug-likeness (QED) is 0.331. The molecule has 0 saturated carbocycles. The van der Waals surface area contributed by atoms with Crippen molar-refractivity contribution < 1.29 is 19.0 Å². The Kier molecular flexibility index (Phi) is 6.82. The Labute approximate surface area is 200 Å². The lowest BCUT2D eigenvalue weighted by atomic mass is 10.1. The van der Waals surface area contributed by atoms with Crippen LogP contribution in [0.3, 0.4) is 0 Å².